The van der Waals surface area contributed by atoms with Gasteiger partial charge in [-0.25, -0.2) is 9.78 Å². The molecule has 1 N–H and O–H groups in total. The zero-order valence-corrected chi connectivity index (χ0v) is 18.9. The summed E-state index contributed by atoms with van der Waals surface area (Å²) in [7, 11) is 0. The highest BCUT2D eigenvalue weighted by Crippen LogP contribution is 2.32. The average molecular weight is 444 g/mol. The van der Waals surface area contributed by atoms with E-state index in [0.29, 0.717) is 46.5 Å². The first kappa shape index (κ1) is 21.4. The van der Waals surface area contributed by atoms with Gasteiger partial charge in [-0.05, 0) is 64.3 Å². The van der Waals surface area contributed by atoms with E-state index in [-0.39, 0.29) is 17.9 Å². The van der Waals surface area contributed by atoms with E-state index < -0.39 is 5.97 Å². The number of H-pyrrole nitrogens is 1. The zero-order chi connectivity index (χ0) is 22.3. The highest BCUT2D eigenvalue weighted by molar-refractivity contribution is 6.31. The molecule has 1 fully saturated rings. The van der Waals surface area contributed by atoms with Gasteiger partial charge >= 0.3 is 5.97 Å². The van der Waals surface area contributed by atoms with Crippen molar-refractivity contribution in [2.24, 2.45) is 0 Å². The number of oxazole rings is 1. The maximum atomic E-state index is 13.1. The van der Waals surface area contributed by atoms with Gasteiger partial charge in [0.15, 0.2) is 11.5 Å². The Bertz CT molecular complexity index is 1140. The van der Waals surface area contributed by atoms with Crippen molar-refractivity contribution < 1.29 is 18.7 Å². The molecule has 1 aromatic carbocycles. The molecule has 2 aromatic heterocycles. The Balaban J connectivity index is 1.46. The summed E-state index contributed by atoms with van der Waals surface area (Å²) in [6.45, 7) is 8.35. The molecule has 3 aromatic rings. The van der Waals surface area contributed by atoms with Gasteiger partial charge in [0.25, 0.3) is 5.91 Å². The third-order valence-electron chi connectivity index (χ3n) is 5.70. The number of nitrogens with one attached hydrogen (secondary N) is 1. The number of benzene rings is 1. The van der Waals surface area contributed by atoms with Crippen LogP contribution in [0, 0.1) is 13.8 Å². The molecule has 0 radical (unpaired) electrons. The molecule has 0 bridgehead atoms. The number of hydrogen-bond donors (Lipinski definition) is 1. The molecule has 7 nitrogen and oxygen atoms in total. The molecule has 31 heavy (non-hydrogen) atoms. The van der Waals surface area contributed by atoms with Gasteiger partial charge in [0.2, 0.25) is 0 Å². The van der Waals surface area contributed by atoms with Crippen LogP contribution in [-0.2, 0) is 4.74 Å². The van der Waals surface area contributed by atoms with E-state index >= 15 is 0 Å². The molecular formula is C23H26ClN3O4. The standard InChI is InChI=1S/C23H26ClN3O4/c1-12(2)30-23(29)19-13(3)20(25-14(19)4)22(28)27-9-7-15(8-10-27)21-26-17-11-16(24)5-6-18(17)31-21/h5-6,11-12,15,25H,7-10H2,1-4H3. The molecule has 1 aliphatic rings. The van der Waals surface area contributed by atoms with Gasteiger partial charge in [0.05, 0.1) is 11.7 Å². The molecule has 3 heterocycles. The molecule has 4 rings (SSSR count). The molecule has 1 aliphatic heterocycles. The molecule has 8 heteroatoms. The monoisotopic (exact) mass is 443 g/mol. The summed E-state index contributed by atoms with van der Waals surface area (Å²) in [6, 6.07) is 5.40. The molecule has 1 amide bonds. The van der Waals surface area contributed by atoms with Crippen molar-refractivity contribution in [2.75, 3.05) is 13.1 Å². The minimum atomic E-state index is -0.407. The average Bonchev–Trinajstić information content (AvgIpc) is 3.27. The second-order valence-corrected chi connectivity index (χ2v) is 8.75. The van der Waals surface area contributed by atoms with E-state index in [1.54, 1.807) is 39.8 Å². The lowest BCUT2D eigenvalue weighted by molar-refractivity contribution is 0.0376. The highest BCUT2D eigenvalue weighted by Gasteiger charge is 2.31. The van der Waals surface area contributed by atoms with Crippen molar-refractivity contribution in [2.45, 2.75) is 52.6 Å². The topological polar surface area (TPSA) is 88.4 Å². The maximum absolute atomic E-state index is 13.1. The lowest BCUT2D eigenvalue weighted by Crippen LogP contribution is -2.38. The normalized spacial score (nSPS) is 15.1. The first-order chi connectivity index (χ1) is 14.7. The lowest BCUT2D eigenvalue weighted by Gasteiger charge is -2.30. The first-order valence-corrected chi connectivity index (χ1v) is 10.9. The van der Waals surface area contributed by atoms with Gasteiger partial charge < -0.3 is 19.0 Å². The lowest BCUT2D eigenvalue weighted by atomic mass is 9.96. The fourth-order valence-corrected chi connectivity index (χ4v) is 4.29. The molecule has 0 spiro atoms. The molecule has 0 unspecified atom stereocenters. The number of aromatic nitrogens is 2. The fraction of sp³-hybridized carbons (Fsp3) is 0.435. The van der Waals surface area contributed by atoms with Gasteiger partial charge in [-0.15, -0.1) is 0 Å². The number of halogens is 1. The predicted molar refractivity (Wildman–Crippen MR) is 118 cm³/mol. The van der Waals surface area contributed by atoms with Crippen LogP contribution in [0.2, 0.25) is 5.02 Å². The smallest absolute Gasteiger partial charge is 0.340 e. The number of carbonyl (C=O) groups excluding carboxylic acids is 2. The number of aryl methyl sites for hydroxylation is 1. The number of carbonyl (C=O) groups is 2. The summed E-state index contributed by atoms with van der Waals surface area (Å²) in [6.07, 6.45) is 1.29. The quantitative estimate of drug-likeness (QED) is 0.572. The molecule has 1 saturated heterocycles. The van der Waals surface area contributed by atoms with Crippen LogP contribution in [0.25, 0.3) is 11.1 Å². The minimum Gasteiger partial charge on any atom is -0.459 e. The van der Waals surface area contributed by atoms with Gasteiger partial charge in [-0.2, -0.15) is 0 Å². The van der Waals surface area contributed by atoms with Crippen LogP contribution in [0.1, 0.15) is 70.6 Å². The zero-order valence-electron chi connectivity index (χ0n) is 18.1. The largest absolute Gasteiger partial charge is 0.459 e. The number of piperidine rings is 1. The summed E-state index contributed by atoms with van der Waals surface area (Å²) in [5.74, 6) is 0.329. The molecule has 0 saturated carbocycles. The van der Waals surface area contributed by atoms with Gasteiger partial charge in [0.1, 0.15) is 11.2 Å². The van der Waals surface area contributed by atoms with Crippen molar-refractivity contribution in [3.8, 4) is 0 Å². The number of ether oxygens (including phenoxy) is 1. The molecule has 0 atom stereocenters. The van der Waals surface area contributed by atoms with Crippen LogP contribution >= 0.6 is 11.6 Å². The third-order valence-corrected chi connectivity index (χ3v) is 5.93. The Morgan fingerprint density at radius 1 is 1.26 bits per heavy atom. The van der Waals surface area contributed by atoms with Crippen LogP contribution in [0.4, 0.5) is 0 Å². The summed E-state index contributed by atoms with van der Waals surface area (Å²) in [5, 5.41) is 0.626. The number of nitrogens with zero attached hydrogens (tertiary/aromatic N) is 2. The SMILES string of the molecule is Cc1[nH]c(C(=O)N2CCC(c3nc4cc(Cl)ccc4o3)CC2)c(C)c1C(=O)OC(C)C. The van der Waals surface area contributed by atoms with Crippen molar-refractivity contribution in [3.05, 3.63) is 51.6 Å². The predicted octanol–water partition coefficient (Wildman–Crippen LogP) is 5.01. The Labute approximate surface area is 185 Å². The second-order valence-electron chi connectivity index (χ2n) is 8.31. The number of fused-ring (bicyclic) bond motifs is 1. The van der Waals surface area contributed by atoms with Crippen LogP contribution < -0.4 is 0 Å². The van der Waals surface area contributed by atoms with E-state index in [0.717, 1.165) is 23.9 Å². The van der Waals surface area contributed by atoms with E-state index in [4.69, 9.17) is 20.8 Å². The molecule has 164 valence electrons. The van der Waals surface area contributed by atoms with Crippen molar-refractivity contribution >= 4 is 34.6 Å². The van der Waals surface area contributed by atoms with E-state index in [9.17, 15) is 9.59 Å². The van der Waals surface area contributed by atoms with Crippen LogP contribution in [0.15, 0.2) is 22.6 Å². The number of likely N-dealkylation sites (tertiary alicyclic amines) is 1. The number of amides is 1. The summed E-state index contributed by atoms with van der Waals surface area (Å²) in [5.41, 5.74) is 3.63. The van der Waals surface area contributed by atoms with Gasteiger partial charge in [-0.3, -0.25) is 4.79 Å². The highest BCUT2D eigenvalue weighted by atomic mass is 35.5. The third kappa shape index (κ3) is 4.19. The van der Waals surface area contributed by atoms with Gasteiger partial charge in [0, 0.05) is 29.7 Å². The number of hydrogen-bond acceptors (Lipinski definition) is 5. The second kappa shape index (κ2) is 8.38. The minimum absolute atomic E-state index is 0.105. The summed E-state index contributed by atoms with van der Waals surface area (Å²) < 4.78 is 11.2. The van der Waals surface area contributed by atoms with Crippen LogP contribution in [0.3, 0.4) is 0 Å². The molecular weight excluding hydrogens is 418 g/mol. The van der Waals surface area contributed by atoms with Crippen molar-refractivity contribution in [1.29, 1.82) is 0 Å². The van der Waals surface area contributed by atoms with Crippen LogP contribution in [0.5, 0.6) is 0 Å². The number of esters is 1. The fourth-order valence-electron chi connectivity index (χ4n) is 4.12. The Morgan fingerprint density at radius 3 is 2.65 bits per heavy atom. The maximum Gasteiger partial charge on any atom is 0.340 e. The Hall–Kier alpha value is -2.80. The van der Waals surface area contributed by atoms with E-state index in [1.807, 2.05) is 11.0 Å². The Morgan fingerprint density at radius 2 is 1.97 bits per heavy atom. The van der Waals surface area contributed by atoms with E-state index in [2.05, 4.69) is 9.97 Å². The first-order valence-electron chi connectivity index (χ1n) is 10.5. The summed E-state index contributed by atoms with van der Waals surface area (Å²) in [4.78, 5) is 35.0. The number of rotatable bonds is 4. The molecule has 0 aliphatic carbocycles. The van der Waals surface area contributed by atoms with Crippen LogP contribution in [-0.4, -0.2) is 45.9 Å². The van der Waals surface area contributed by atoms with E-state index in [1.165, 1.54) is 0 Å². The van der Waals surface area contributed by atoms with Crippen molar-refractivity contribution in [1.82, 2.24) is 14.9 Å². The number of aromatic amines is 1. The summed E-state index contributed by atoms with van der Waals surface area (Å²) >= 11 is 6.04. The Kier molecular flexibility index (Phi) is 5.79. The van der Waals surface area contributed by atoms with Gasteiger partial charge in [-0.1, -0.05) is 11.6 Å². The van der Waals surface area contributed by atoms with Crippen molar-refractivity contribution in [3.63, 3.8) is 0 Å².